The first kappa shape index (κ1) is 19.8. The van der Waals surface area contributed by atoms with Gasteiger partial charge in [-0.1, -0.05) is 26.1 Å². The van der Waals surface area contributed by atoms with Gasteiger partial charge in [0.15, 0.2) is 0 Å². The van der Waals surface area contributed by atoms with Gasteiger partial charge in [0.1, 0.15) is 12.4 Å². The third-order valence-electron chi connectivity index (χ3n) is 3.89. The molecule has 2 amide bonds. The van der Waals surface area contributed by atoms with E-state index in [9.17, 15) is 19.1 Å². The summed E-state index contributed by atoms with van der Waals surface area (Å²) in [5.41, 5.74) is 1.48. The number of halogens is 1. The molecule has 1 aliphatic heterocycles. The normalized spacial score (nSPS) is 17.9. The van der Waals surface area contributed by atoms with Gasteiger partial charge < -0.3 is 9.84 Å². The third kappa shape index (κ3) is 4.00. The predicted octanol–water partition coefficient (Wildman–Crippen LogP) is 3.15. The maximum absolute atomic E-state index is 14.0. The molecule has 1 heterocycles. The first-order chi connectivity index (χ1) is 10.8. The van der Waals surface area contributed by atoms with Crippen LogP contribution in [-0.2, 0) is 9.53 Å². The Balaban J connectivity index is 0.00000288. The number of cyclic esters (lactones) is 1. The fraction of sp³-hybridized carbons (Fsp3) is 0.444. The molecule has 2 rings (SSSR count). The Labute approximate surface area is 141 Å². The van der Waals surface area contributed by atoms with E-state index in [0.29, 0.717) is 11.1 Å². The summed E-state index contributed by atoms with van der Waals surface area (Å²) in [6, 6.07) is 4.35. The first-order valence-corrected chi connectivity index (χ1v) is 7.40. The molecule has 1 aliphatic rings. The van der Waals surface area contributed by atoms with Crippen molar-refractivity contribution < 1.29 is 23.8 Å². The zero-order chi connectivity index (χ0) is 17.1. The van der Waals surface area contributed by atoms with E-state index in [2.05, 4.69) is 6.58 Å². The van der Waals surface area contributed by atoms with Crippen LogP contribution in [0.4, 0.5) is 9.18 Å². The number of allylic oxidation sites excluding steroid dienone is 1. The molecular formula is C18H24FNO4. The fourth-order valence-electron chi connectivity index (χ4n) is 2.56. The SMILES string of the molecule is C.C=C(C[C@@H](CO)C(=O)N1C(=O)OC[C@@H]1C)c1ccc(C)cc1F. The summed E-state index contributed by atoms with van der Waals surface area (Å²) in [4.78, 5) is 25.0. The summed E-state index contributed by atoms with van der Waals surface area (Å²) < 4.78 is 18.8. The number of rotatable bonds is 5. The molecule has 0 bridgehead atoms. The lowest BCUT2D eigenvalue weighted by Gasteiger charge is -2.22. The second-order valence-electron chi connectivity index (χ2n) is 5.80. The van der Waals surface area contributed by atoms with E-state index in [1.165, 1.54) is 6.07 Å². The molecule has 6 heteroatoms. The quantitative estimate of drug-likeness (QED) is 0.896. The van der Waals surface area contributed by atoms with Crippen molar-refractivity contribution in [2.24, 2.45) is 5.92 Å². The molecule has 1 N–H and O–H groups in total. The lowest BCUT2D eigenvalue weighted by Crippen LogP contribution is -2.42. The average molecular weight is 337 g/mol. The van der Waals surface area contributed by atoms with Crippen LogP contribution in [-0.4, -0.2) is 41.3 Å². The van der Waals surface area contributed by atoms with Crippen molar-refractivity contribution in [1.82, 2.24) is 4.90 Å². The van der Waals surface area contributed by atoms with E-state index < -0.39 is 30.3 Å². The van der Waals surface area contributed by atoms with Gasteiger partial charge >= 0.3 is 6.09 Å². The summed E-state index contributed by atoms with van der Waals surface area (Å²) in [6.07, 6.45) is -0.653. The monoisotopic (exact) mass is 337 g/mol. The number of aliphatic hydroxyl groups is 1. The van der Waals surface area contributed by atoms with E-state index in [4.69, 9.17) is 4.74 Å². The maximum Gasteiger partial charge on any atom is 0.416 e. The van der Waals surface area contributed by atoms with Crippen molar-refractivity contribution in [3.8, 4) is 0 Å². The van der Waals surface area contributed by atoms with Gasteiger partial charge in [0.2, 0.25) is 5.91 Å². The Morgan fingerprint density at radius 2 is 2.21 bits per heavy atom. The molecule has 0 spiro atoms. The van der Waals surface area contributed by atoms with Crippen molar-refractivity contribution in [3.05, 3.63) is 41.7 Å². The molecule has 132 valence electrons. The van der Waals surface area contributed by atoms with Crippen molar-refractivity contribution in [1.29, 1.82) is 0 Å². The molecule has 2 atom stereocenters. The molecule has 1 saturated heterocycles. The number of imide groups is 1. The molecule has 24 heavy (non-hydrogen) atoms. The largest absolute Gasteiger partial charge is 0.447 e. The highest BCUT2D eigenvalue weighted by atomic mass is 19.1. The molecule has 1 aromatic carbocycles. The predicted molar refractivity (Wildman–Crippen MR) is 89.8 cm³/mol. The van der Waals surface area contributed by atoms with Crippen molar-refractivity contribution >= 4 is 17.6 Å². The van der Waals surface area contributed by atoms with Crippen LogP contribution in [0.3, 0.4) is 0 Å². The molecule has 0 aliphatic carbocycles. The van der Waals surface area contributed by atoms with Gasteiger partial charge in [-0.25, -0.2) is 14.1 Å². The van der Waals surface area contributed by atoms with Gasteiger partial charge in [-0.3, -0.25) is 4.79 Å². The molecule has 0 radical (unpaired) electrons. The fourth-order valence-corrected chi connectivity index (χ4v) is 2.56. The zero-order valence-electron chi connectivity index (χ0n) is 13.2. The minimum Gasteiger partial charge on any atom is -0.447 e. The standard InChI is InChI=1S/C17H20FNO4.CH4/c1-10-4-5-14(15(18)6-10)11(2)7-13(8-20)16(21)19-12(3)9-23-17(19)22;/h4-6,12-13,20H,2,7-9H2,1,3H3;1H4/t12-,13-;/m0./s1. The highest BCUT2D eigenvalue weighted by Crippen LogP contribution is 2.26. The van der Waals surface area contributed by atoms with Crippen LogP contribution in [0, 0.1) is 18.7 Å². The number of carbonyl (C=O) groups is 2. The van der Waals surface area contributed by atoms with Gasteiger partial charge in [-0.15, -0.1) is 0 Å². The summed E-state index contributed by atoms with van der Waals surface area (Å²) in [6.45, 7) is 6.95. The van der Waals surface area contributed by atoms with E-state index in [-0.39, 0.29) is 26.5 Å². The Bertz CT molecular complexity index is 644. The topological polar surface area (TPSA) is 66.8 Å². The number of amides is 2. The van der Waals surface area contributed by atoms with Gasteiger partial charge in [0.25, 0.3) is 0 Å². The highest BCUT2D eigenvalue weighted by Gasteiger charge is 2.38. The number of hydrogen-bond donors (Lipinski definition) is 1. The Hall–Kier alpha value is -2.21. The van der Waals surface area contributed by atoms with Crippen LogP contribution in [0.25, 0.3) is 5.57 Å². The highest BCUT2D eigenvalue weighted by molar-refractivity contribution is 5.95. The van der Waals surface area contributed by atoms with Gasteiger partial charge in [0, 0.05) is 5.56 Å². The van der Waals surface area contributed by atoms with E-state index in [0.717, 1.165) is 10.5 Å². The van der Waals surface area contributed by atoms with Crippen LogP contribution in [0.5, 0.6) is 0 Å². The number of aryl methyl sites for hydroxylation is 1. The smallest absolute Gasteiger partial charge is 0.416 e. The van der Waals surface area contributed by atoms with Crippen LogP contribution < -0.4 is 0 Å². The second kappa shape index (κ2) is 8.06. The Kier molecular flexibility index (Phi) is 6.66. The lowest BCUT2D eigenvalue weighted by atomic mass is 9.93. The lowest BCUT2D eigenvalue weighted by molar-refractivity contribution is -0.134. The average Bonchev–Trinajstić information content (AvgIpc) is 2.83. The number of hydrogen-bond acceptors (Lipinski definition) is 4. The third-order valence-corrected chi connectivity index (χ3v) is 3.89. The minimum absolute atomic E-state index is 0. The molecule has 5 nitrogen and oxygen atoms in total. The van der Waals surface area contributed by atoms with Gasteiger partial charge in [-0.05, 0) is 37.5 Å². The molecule has 1 fully saturated rings. The van der Waals surface area contributed by atoms with Crippen LogP contribution in [0.15, 0.2) is 24.8 Å². The van der Waals surface area contributed by atoms with E-state index >= 15 is 0 Å². The molecular weight excluding hydrogens is 313 g/mol. The summed E-state index contributed by atoms with van der Waals surface area (Å²) in [5, 5.41) is 9.50. The zero-order valence-corrected chi connectivity index (χ0v) is 13.2. The maximum atomic E-state index is 14.0. The van der Waals surface area contributed by atoms with Crippen LogP contribution in [0.2, 0.25) is 0 Å². The van der Waals surface area contributed by atoms with Crippen LogP contribution in [0.1, 0.15) is 31.9 Å². The molecule has 1 aromatic rings. The van der Waals surface area contributed by atoms with Crippen molar-refractivity contribution in [2.75, 3.05) is 13.2 Å². The summed E-state index contributed by atoms with van der Waals surface area (Å²) in [5.74, 6) is -1.82. The Morgan fingerprint density at radius 1 is 1.54 bits per heavy atom. The van der Waals surface area contributed by atoms with E-state index in [1.54, 1.807) is 26.0 Å². The Morgan fingerprint density at radius 3 is 2.71 bits per heavy atom. The summed E-state index contributed by atoms with van der Waals surface area (Å²) in [7, 11) is 0. The minimum atomic E-state index is -0.865. The van der Waals surface area contributed by atoms with Gasteiger partial charge in [-0.2, -0.15) is 0 Å². The van der Waals surface area contributed by atoms with Crippen molar-refractivity contribution in [2.45, 2.75) is 33.7 Å². The summed E-state index contributed by atoms with van der Waals surface area (Å²) >= 11 is 0. The second-order valence-corrected chi connectivity index (χ2v) is 5.80. The number of carbonyl (C=O) groups excluding carboxylic acids is 2. The van der Waals surface area contributed by atoms with Gasteiger partial charge in [0.05, 0.1) is 18.6 Å². The molecule has 0 unspecified atom stereocenters. The molecule has 0 aromatic heterocycles. The number of nitrogens with zero attached hydrogens (tertiary/aromatic N) is 1. The number of ether oxygens (including phenoxy) is 1. The number of aliphatic hydroxyl groups excluding tert-OH is 1. The van der Waals surface area contributed by atoms with E-state index in [1.807, 2.05) is 0 Å². The van der Waals surface area contributed by atoms with Crippen LogP contribution >= 0.6 is 0 Å². The van der Waals surface area contributed by atoms with Crippen molar-refractivity contribution in [3.63, 3.8) is 0 Å². The molecule has 0 saturated carbocycles. The number of benzene rings is 1. The first-order valence-electron chi connectivity index (χ1n) is 7.40.